The Morgan fingerprint density at radius 2 is 1.61 bits per heavy atom. The van der Waals surface area contributed by atoms with Crippen molar-refractivity contribution in [3.63, 3.8) is 0 Å². The first-order chi connectivity index (χ1) is 14.7. The van der Waals surface area contributed by atoms with Gasteiger partial charge in [0, 0.05) is 41.1 Å². The van der Waals surface area contributed by atoms with E-state index in [2.05, 4.69) is 10.3 Å². The molecular weight excluding hydrogens is 386 g/mol. The second kappa shape index (κ2) is 7.84. The van der Waals surface area contributed by atoms with Crippen LogP contribution in [0.2, 0.25) is 0 Å². The van der Waals surface area contributed by atoms with Gasteiger partial charge in [0.15, 0.2) is 0 Å². The summed E-state index contributed by atoms with van der Waals surface area (Å²) in [6.45, 7) is 7.87. The minimum Gasteiger partial charge on any atom is -0.322 e. The van der Waals surface area contributed by atoms with Crippen LogP contribution in [0.25, 0.3) is 22.0 Å². The second-order valence-electron chi connectivity index (χ2n) is 8.09. The van der Waals surface area contributed by atoms with Crippen molar-refractivity contribution in [2.45, 2.75) is 27.7 Å². The Hall–Kier alpha value is -3.73. The third-order valence-electron chi connectivity index (χ3n) is 5.80. The molecule has 0 aliphatic carbocycles. The number of fused-ring (bicyclic) bond motifs is 1. The van der Waals surface area contributed by atoms with E-state index in [1.54, 1.807) is 17.8 Å². The zero-order valence-corrected chi connectivity index (χ0v) is 18.4. The first kappa shape index (κ1) is 20.5. The van der Waals surface area contributed by atoms with Crippen molar-refractivity contribution >= 4 is 22.5 Å². The van der Waals surface area contributed by atoms with Gasteiger partial charge in [-0.15, -0.1) is 0 Å². The van der Waals surface area contributed by atoms with E-state index in [0.29, 0.717) is 16.8 Å². The fourth-order valence-electron chi connectivity index (χ4n) is 3.73. The molecule has 0 spiro atoms. The summed E-state index contributed by atoms with van der Waals surface area (Å²) in [5.74, 6) is -0.177. The lowest BCUT2D eigenvalue weighted by molar-refractivity contribution is 0.102. The number of hydrogen-bond donors (Lipinski definition) is 1. The van der Waals surface area contributed by atoms with Crippen LogP contribution in [0.1, 0.15) is 32.7 Å². The van der Waals surface area contributed by atoms with Crippen LogP contribution >= 0.6 is 0 Å². The highest BCUT2D eigenvalue weighted by atomic mass is 16.1. The Labute approximate surface area is 181 Å². The van der Waals surface area contributed by atoms with E-state index >= 15 is 0 Å². The zero-order valence-electron chi connectivity index (χ0n) is 18.4. The third-order valence-corrected chi connectivity index (χ3v) is 5.80. The molecule has 2 aromatic carbocycles. The molecule has 5 heteroatoms. The Balaban J connectivity index is 1.75. The lowest BCUT2D eigenvalue weighted by Gasteiger charge is -2.13. The van der Waals surface area contributed by atoms with E-state index < -0.39 is 0 Å². The van der Waals surface area contributed by atoms with Gasteiger partial charge in [0.05, 0.1) is 5.52 Å². The monoisotopic (exact) mass is 411 g/mol. The van der Waals surface area contributed by atoms with Gasteiger partial charge in [-0.05, 0) is 86.3 Å². The molecule has 0 atom stereocenters. The number of anilines is 1. The standard InChI is InChI=1S/C26H25N3O2/c1-15-6-8-19(10-17(15)3)25(30)28-21-9-7-16(2)22(13-21)23-12-20-14-27-18(4)11-24(20)29(5)26(23)31/h6-14H,1-5H3,(H,28,30). The number of nitrogens with zero attached hydrogens (tertiary/aromatic N) is 2. The molecule has 2 aromatic heterocycles. The largest absolute Gasteiger partial charge is 0.322 e. The number of aryl methyl sites for hydroxylation is 5. The minimum absolute atomic E-state index is 0.0844. The Morgan fingerprint density at radius 3 is 2.35 bits per heavy atom. The van der Waals surface area contributed by atoms with Crippen molar-refractivity contribution in [1.82, 2.24) is 9.55 Å². The van der Waals surface area contributed by atoms with Crippen molar-refractivity contribution in [1.29, 1.82) is 0 Å². The van der Waals surface area contributed by atoms with Crippen molar-refractivity contribution < 1.29 is 4.79 Å². The van der Waals surface area contributed by atoms with E-state index in [0.717, 1.165) is 38.9 Å². The summed E-state index contributed by atoms with van der Waals surface area (Å²) in [5, 5.41) is 3.86. The average Bonchev–Trinajstić information content (AvgIpc) is 2.74. The molecule has 5 nitrogen and oxygen atoms in total. The molecule has 0 aliphatic rings. The molecule has 0 aliphatic heterocycles. The van der Waals surface area contributed by atoms with Gasteiger partial charge in [-0.2, -0.15) is 0 Å². The fraction of sp³-hybridized carbons (Fsp3) is 0.192. The van der Waals surface area contributed by atoms with Crippen LogP contribution in [0.4, 0.5) is 5.69 Å². The smallest absolute Gasteiger partial charge is 0.258 e. The van der Waals surface area contributed by atoms with Crippen molar-refractivity contribution in [3.05, 3.63) is 93.0 Å². The number of carbonyl (C=O) groups is 1. The molecule has 0 fully saturated rings. The number of nitrogens with one attached hydrogen (secondary N) is 1. The molecule has 0 saturated carbocycles. The van der Waals surface area contributed by atoms with Crippen LogP contribution in [0, 0.1) is 27.7 Å². The maximum Gasteiger partial charge on any atom is 0.258 e. The molecule has 4 aromatic rings. The molecule has 2 heterocycles. The van der Waals surface area contributed by atoms with Crippen LogP contribution in [-0.4, -0.2) is 15.5 Å². The predicted molar refractivity (Wildman–Crippen MR) is 126 cm³/mol. The summed E-state index contributed by atoms with van der Waals surface area (Å²) >= 11 is 0. The SMILES string of the molecule is Cc1cc2c(cn1)cc(-c1cc(NC(=O)c3ccc(C)c(C)c3)ccc1C)c(=O)n2C. The lowest BCUT2D eigenvalue weighted by atomic mass is 9.99. The molecule has 4 rings (SSSR count). The predicted octanol–water partition coefficient (Wildman–Crippen LogP) is 5.09. The Morgan fingerprint density at radius 1 is 0.871 bits per heavy atom. The molecule has 0 bridgehead atoms. The van der Waals surface area contributed by atoms with Gasteiger partial charge in [-0.1, -0.05) is 12.1 Å². The zero-order chi connectivity index (χ0) is 22.3. The minimum atomic E-state index is -0.177. The normalized spacial score (nSPS) is 11.0. The van der Waals surface area contributed by atoms with Crippen LogP contribution in [-0.2, 0) is 7.05 Å². The number of aromatic nitrogens is 2. The number of benzene rings is 2. The van der Waals surface area contributed by atoms with Gasteiger partial charge in [0.25, 0.3) is 11.5 Å². The first-order valence-electron chi connectivity index (χ1n) is 10.2. The number of amides is 1. The van der Waals surface area contributed by atoms with Gasteiger partial charge in [0.1, 0.15) is 0 Å². The maximum absolute atomic E-state index is 13.1. The molecule has 0 unspecified atom stereocenters. The van der Waals surface area contributed by atoms with Crippen LogP contribution in [0.15, 0.2) is 59.5 Å². The van der Waals surface area contributed by atoms with Gasteiger partial charge in [0.2, 0.25) is 0 Å². The quantitative estimate of drug-likeness (QED) is 0.511. The van der Waals surface area contributed by atoms with Crippen LogP contribution in [0.3, 0.4) is 0 Å². The van der Waals surface area contributed by atoms with E-state index in [1.807, 2.05) is 76.2 Å². The van der Waals surface area contributed by atoms with E-state index in [1.165, 1.54) is 0 Å². The highest BCUT2D eigenvalue weighted by molar-refractivity contribution is 6.04. The van der Waals surface area contributed by atoms with Gasteiger partial charge in [-0.3, -0.25) is 14.6 Å². The molecule has 31 heavy (non-hydrogen) atoms. The van der Waals surface area contributed by atoms with E-state index in [9.17, 15) is 9.59 Å². The molecule has 0 saturated heterocycles. The maximum atomic E-state index is 13.1. The Bertz CT molecular complexity index is 1400. The molecule has 1 amide bonds. The van der Waals surface area contributed by atoms with E-state index in [4.69, 9.17) is 0 Å². The number of carbonyl (C=O) groups excluding carboxylic acids is 1. The van der Waals surface area contributed by atoms with Crippen LogP contribution in [0.5, 0.6) is 0 Å². The summed E-state index contributed by atoms with van der Waals surface area (Å²) in [5.41, 5.74) is 7.43. The van der Waals surface area contributed by atoms with Gasteiger partial charge >= 0.3 is 0 Å². The summed E-state index contributed by atoms with van der Waals surface area (Å²) in [6.07, 6.45) is 1.79. The van der Waals surface area contributed by atoms with Crippen molar-refractivity contribution in [2.24, 2.45) is 7.05 Å². The average molecular weight is 412 g/mol. The summed E-state index contributed by atoms with van der Waals surface area (Å²) < 4.78 is 1.65. The molecule has 1 N–H and O–H groups in total. The van der Waals surface area contributed by atoms with E-state index in [-0.39, 0.29) is 11.5 Å². The first-order valence-corrected chi connectivity index (χ1v) is 10.2. The molecule has 156 valence electrons. The van der Waals surface area contributed by atoms with Crippen molar-refractivity contribution in [2.75, 3.05) is 5.32 Å². The number of rotatable bonds is 3. The topological polar surface area (TPSA) is 64.0 Å². The third kappa shape index (κ3) is 3.87. The Kier molecular flexibility index (Phi) is 5.19. The molecular formula is C26H25N3O2. The van der Waals surface area contributed by atoms with Crippen molar-refractivity contribution in [3.8, 4) is 11.1 Å². The summed E-state index contributed by atoms with van der Waals surface area (Å²) in [4.78, 5) is 30.2. The molecule has 0 radical (unpaired) electrons. The number of hydrogen-bond acceptors (Lipinski definition) is 3. The van der Waals surface area contributed by atoms with Gasteiger partial charge in [-0.25, -0.2) is 0 Å². The highest BCUT2D eigenvalue weighted by Gasteiger charge is 2.14. The summed E-state index contributed by atoms with van der Waals surface area (Å²) in [7, 11) is 1.77. The second-order valence-corrected chi connectivity index (χ2v) is 8.09. The summed E-state index contributed by atoms with van der Waals surface area (Å²) in [6, 6.07) is 15.1. The number of pyridine rings is 2. The fourth-order valence-corrected chi connectivity index (χ4v) is 3.73. The lowest BCUT2D eigenvalue weighted by Crippen LogP contribution is -2.19. The van der Waals surface area contributed by atoms with Gasteiger partial charge < -0.3 is 9.88 Å². The highest BCUT2D eigenvalue weighted by Crippen LogP contribution is 2.27. The van der Waals surface area contributed by atoms with Crippen LogP contribution < -0.4 is 10.9 Å².